The molecule has 6 nitrogen and oxygen atoms in total. The molecule has 1 aliphatic carbocycles. The molecule has 0 unspecified atom stereocenters. The first-order valence-electron chi connectivity index (χ1n) is 13.8. The van der Waals surface area contributed by atoms with E-state index in [1.807, 2.05) is 93.5 Å². The maximum absolute atomic E-state index is 13.6. The van der Waals surface area contributed by atoms with Crippen LogP contribution < -0.4 is 4.80 Å². The van der Waals surface area contributed by atoms with Crippen LogP contribution in [-0.4, -0.2) is 22.8 Å². The minimum atomic E-state index is -3.96. The Morgan fingerprint density at radius 1 is 0.833 bits per heavy atom. The van der Waals surface area contributed by atoms with Crippen LogP contribution in [0.15, 0.2) is 124 Å². The average molecular weight is 589 g/mol. The predicted molar refractivity (Wildman–Crippen MR) is 167 cm³/mol. The van der Waals surface area contributed by atoms with Crippen molar-refractivity contribution in [2.24, 2.45) is 4.40 Å². The lowest BCUT2D eigenvalue weighted by atomic mass is 9.89. The number of hydrogen-bond donors (Lipinski definition) is 0. The summed E-state index contributed by atoms with van der Waals surface area (Å²) in [6, 6.07) is 35.2. The van der Waals surface area contributed by atoms with Gasteiger partial charge < -0.3 is 4.57 Å². The van der Waals surface area contributed by atoms with Gasteiger partial charge >= 0.3 is 0 Å². The van der Waals surface area contributed by atoms with Crippen LogP contribution >= 0.6 is 11.3 Å². The molecule has 0 aliphatic heterocycles. The van der Waals surface area contributed by atoms with E-state index in [1.165, 1.54) is 28.0 Å². The summed E-state index contributed by atoms with van der Waals surface area (Å²) in [5, 5.41) is 6.92. The van der Waals surface area contributed by atoms with Gasteiger partial charge in [0.15, 0.2) is 0 Å². The van der Waals surface area contributed by atoms with E-state index in [0.29, 0.717) is 11.3 Å². The summed E-state index contributed by atoms with van der Waals surface area (Å²) in [5.41, 5.74) is 9.64. The molecule has 0 spiro atoms. The predicted octanol–water partition coefficient (Wildman–Crippen LogP) is 6.81. The van der Waals surface area contributed by atoms with Crippen LogP contribution in [0.25, 0.3) is 28.2 Å². The standard InChI is InChI=1S/C34H28N4O2S2/c1-24-30-21-16-26-12-8-9-15-31(26)33(30)35-38(24)28-17-19-29(20-18-28)42(39,40)36-34-37(22-25-10-4-2-5-11-25)32(23-41-34)27-13-6-3-7-14-27/h2-15,17-20,23H,16,21-22H2,1H3/b36-34-. The first-order chi connectivity index (χ1) is 20.5. The molecule has 4 aromatic carbocycles. The van der Waals surface area contributed by atoms with Gasteiger partial charge in [-0.3, -0.25) is 0 Å². The number of aromatic nitrogens is 3. The van der Waals surface area contributed by atoms with E-state index >= 15 is 0 Å². The zero-order valence-corrected chi connectivity index (χ0v) is 24.6. The Labute approximate surface area is 249 Å². The molecule has 2 aromatic heterocycles. The fourth-order valence-electron chi connectivity index (χ4n) is 5.61. The fraction of sp³-hybridized carbons (Fsp3) is 0.118. The molecule has 0 bridgehead atoms. The van der Waals surface area contributed by atoms with Crippen molar-refractivity contribution in [2.75, 3.05) is 0 Å². The Bertz CT molecular complexity index is 2070. The fourth-order valence-corrected chi connectivity index (χ4v) is 7.73. The molecule has 1 aliphatic rings. The lowest BCUT2D eigenvalue weighted by molar-refractivity contribution is 0.595. The Hall–Kier alpha value is -4.53. The molecule has 208 valence electrons. The molecule has 2 heterocycles. The second-order valence-corrected chi connectivity index (χ2v) is 12.8. The van der Waals surface area contributed by atoms with Crippen molar-refractivity contribution in [3.05, 3.63) is 142 Å². The third-order valence-corrected chi connectivity index (χ3v) is 10.0. The highest BCUT2D eigenvalue weighted by atomic mass is 32.2. The third-order valence-electron chi connectivity index (χ3n) is 7.79. The van der Waals surface area contributed by atoms with Gasteiger partial charge in [-0.2, -0.15) is 13.5 Å². The molecule has 6 aromatic rings. The van der Waals surface area contributed by atoms with E-state index < -0.39 is 10.0 Å². The lowest BCUT2D eigenvalue weighted by Crippen LogP contribution is -2.19. The molecule has 8 heteroatoms. The van der Waals surface area contributed by atoms with Gasteiger partial charge in [0.25, 0.3) is 10.0 Å². The van der Waals surface area contributed by atoms with Crippen molar-refractivity contribution >= 4 is 21.4 Å². The summed E-state index contributed by atoms with van der Waals surface area (Å²) in [4.78, 5) is 0.572. The monoisotopic (exact) mass is 588 g/mol. The van der Waals surface area contributed by atoms with Gasteiger partial charge in [0.1, 0.15) is 0 Å². The molecule has 0 N–H and O–H groups in total. The van der Waals surface area contributed by atoms with Crippen molar-refractivity contribution in [1.82, 2.24) is 14.3 Å². The van der Waals surface area contributed by atoms with Gasteiger partial charge in [0.2, 0.25) is 4.80 Å². The second kappa shape index (κ2) is 10.7. The van der Waals surface area contributed by atoms with Gasteiger partial charge in [-0.05, 0) is 60.7 Å². The van der Waals surface area contributed by atoms with Crippen LogP contribution in [0.4, 0.5) is 0 Å². The number of aryl methyl sites for hydroxylation is 1. The summed E-state index contributed by atoms with van der Waals surface area (Å²) >= 11 is 1.33. The number of fused-ring (bicyclic) bond motifs is 3. The van der Waals surface area contributed by atoms with Crippen molar-refractivity contribution < 1.29 is 8.42 Å². The molecule has 7 rings (SSSR count). The van der Waals surface area contributed by atoms with E-state index in [1.54, 1.807) is 12.1 Å². The summed E-state index contributed by atoms with van der Waals surface area (Å²) in [5.74, 6) is 0. The molecular formula is C34H28N4O2S2. The largest absolute Gasteiger partial charge is 0.311 e. The SMILES string of the molecule is Cc1c2c(nn1-c1ccc(S(=O)(=O)/N=c3\scc(-c4ccccc4)n3Cc3ccccc3)cc1)-c1ccccc1CC2. The topological polar surface area (TPSA) is 69.2 Å². The second-order valence-electron chi connectivity index (χ2n) is 10.4. The highest BCUT2D eigenvalue weighted by molar-refractivity contribution is 7.90. The number of hydrogen-bond acceptors (Lipinski definition) is 4. The Balaban J connectivity index is 1.25. The molecule has 0 amide bonds. The molecule has 0 saturated heterocycles. The average Bonchev–Trinajstić information content (AvgIpc) is 3.58. The first-order valence-corrected chi connectivity index (χ1v) is 16.2. The molecule has 0 atom stereocenters. The molecule has 0 saturated carbocycles. The maximum atomic E-state index is 13.6. The Morgan fingerprint density at radius 2 is 1.52 bits per heavy atom. The highest BCUT2D eigenvalue weighted by Gasteiger charge is 2.23. The molecule has 42 heavy (non-hydrogen) atoms. The van der Waals surface area contributed by atoms with Gasteiger partial charge in [-0.1, -0.05) is 84.9 Å². The van der Waals surface area contributed by atoms with E-state index in [-0.39, 0.29) is 4.90 Å². The molecular weight excluding hydrogens is 561 g/mol. The van der Waals surface area contributed by atoms with Crippen LogP contribution in [0.5, 0.6) is 0 Å². The smallest absolute Gasteiger partial charge is 0.285 e. The minimum Gasteiger partial charge on any atom is -0.311 e. The maximum Gasteiger partial charge on any atom is 0.285 e. The van der Waals surface area contributed by atoms with E-state index in [0.717, 1.165) is 46.7 Å². The Kier molecular flexibility index (Phi) is 6.72. The number of rotatable bonds is 6. The zero-order chi connectivity index (χ0) is 28.7. The van der Waals surface area contributed by atoms with Crippen LogP contribution in [0, 0.1) is 6.92 Å². The highest BCUT2D eigenvalue weighted by Crippen LogP contribution is 2.35. The van der Waals surface area contributed by atoms with E-state index in [4.69, 9.17) is 5.10 Å². The van der Waals surface area contributed by atoms with Crippen molar-refractivity contribution in [2.45, 2.75) is 31.2 Å². The zero-order valence-electron chi connectivity index (χ0n) is 23.0. The normalized spacial score (nSPS) is 13.1. The van der Waals surface area contributed by atoms with Crippen LogP contribution in [0.1, 0.15) is 22.4 Å². The number of nitrogens with zero attached hydrogens (tertiary/aromatic N) is 4. The summed E-state index contributed by atoms with van der Waals surface area (Å²) < 4.78 is 35.4. The lowest BCUT2D eigenvalue weighted by Gasteiger charge is -2.14. The minimum absolute atomic E-state index is 0.145. The summed E-state index contributed by atoms with van der Waals surface area (Å²) in [7, 11) is -3.96. The van der Waals surface area contributed by atoms with E-state index in [9.17, 15) is 8.42 Å². The first kappa shape index (κ1) is 26.4. The molecule has 0 radical (unpaired) electrons. The third kappa shape index (κ3) is 4.82. The van der Waals surface area contributed by atoms with Gasteiger partial charge in [-0.25, -0.2) is 4.68 Å². The van der Waals surface area contributed by atoms with Gasteiger partial charge in [0.05, 0.1) is 28.5 Å². The van der Waals surface area contributed by atoms with Crippen molar-refractivity contribution in [1.29, 1.82) is 0 Å². The number of sulfonamides is 1. The van der Waals surface area contributed by atoms with Gasteiger partial charge in [-0.15, -0.1) is 15.7 Å². The quantitative estimate of drug-likeness (QED) is 0.215. The van der Waals surface area contributed by atoms with Crippen molar-refractivity contribution in [3.63, 3.8) is 0 Å². The summed E-state index contributed by atoms with van der Waals surface area (Å²) in [6.07, 6.45) is 1.94. The molecule has 0 fully saturated rings. The van der Waals surface area contributed by atoms with Crippen molar-refractivity contribution in [3.8, 4) is 28.2 Å². The van der Waals surface area contributed by atoms with Crippen LogP contribution in [0.2, 0.25) is 0 Å². The number of thiazole rings is 1. The number of benzene rings is 4. The van der Waals surface area contributed by atoms with Gasteiger partial charge in [0, 0.05) is 22.2 Å². The van der Waals surface area contributed by atoms with E-state index in [2.05, 4.69) is 29.5 Å². The Morgan fingerprint density at radius 3 is 2.29 bits per heavy atom. The summed E-state index contributed by atoms with van der Waals surface area (Å²) in [6.45, 7) is 2.58. The van der Waals surface area contributed by atoms with Crippen LogP contribution in [-0.2, 0) is 29.4 Å². The van der Waals surface area contributed by atoms with Crippen LogP contribution in [0.3, 0.4) is 0 Å².